The predicted octanol–water partition coefficient (Wildman–Crippen LogP) is 1.63. The zero-order chi connectivity index (χ0) is 25.9. The molecule has 3 aliphatic heterocycles. The van der Waals surface area contributed by atoms with Crippen LogP contribution in [0.4, 0.5) is 0 Å². The number of hydrogen-bond donors (Lipinski definition) is 1. The number of nitrogens with one attached hydrogen (secondary N) is 1. The summed E-state index contributed by atoms with van der Waals surface area (Å²) in [4.78, 5) is 54.9. The fourth-order valence-electron chi connectivity index (χ4n) is 7.45. The van der Waals surface area contributed by atoms with Gasteiger partial charge in [0.2, 0.25) is 5.91 Å². The van der Waals surface area contributed by atoms with Gasteiger partial charge in [0.05, 0.1) is 19.1 Å². The van der Waals surface area contributed by atoms with E-state index in [4.69, 9.17) is 14.3 Å². The minimum absolute atomic E-state index is 0.0193. The lowest BCUT2D eigenvalue weighted by atomic mass is 9.51. The predicted molar refractivity (Wildman–Crippen MR) is 130 cm³/mol. The first-order valence-corrected chi connectivity index (χ1v) is 13.3. The monoisotopic (exact) mass is 511 g/mol. The van der Waals surface area contributed by atoms with E-state index in [0.29, 0.717) is 29.2 Å². The van der Waals surface area contributed by atoms with E-state index in [0.717, 1.165) is 38.0 Å². The van der Waals surface area contributed by atoms with Gasteiger partial charge in [0.25, 0.3) is 11.8 Å². The first-order chi connectivity index (χ1) is 17.8. The second kappa shape index (κ2) is 9.01. The van der Waals surface area contributed by atoms with Crippen LogP contribution in [0.25, 0.3) is 0 Å². The van der Waals surface area contributed by atoms with Crippen molar-refractivity contribution in [2.24, 2.45) is 5.92 Å². The average Bonchev–Trinajstić information content (AvgIpc) is 3.37. The summed E-state index contributed by atoms with van der Waals surface area (Å²) in [7, 11) is 2.21. The number of hydrogen-bond acceptors (Lipinski definition) is 8. The number of likely N-dealkylation sites (N-methyl/N-ethyl adjacent to an activating group) is 1. The molecule has 1 unspecified atom stereocenters. The van der Waals surface area contributed by atoms with Crippen molar-refractivity contribution in [1.82, 2.24) is 15.3 Å². The molecule has 10 heteroatoms. The van der Waals surface area contributed by atoms with Gasteiger partial charge < -0.3 is 24.5 Å². The number of nitrogens with zero attached hydrogens (tertiary/aromatic N) is 2. The van der Waals surface area contributed by atoms with E-state index in [-0.39, 0.29) is 49.3 Å². The molecule has 0 aromatic heterocycles. The van der Waals surface area contributed by atoms with Crippen LogP contribution in [0, 0.1) is 5.92 Å². The standard InChI is InChI=1S/C27H33N3O7/c1-15(31)28-18-7-6-17-19-14-16-5-8-20(25-24(16)27(17,26(18)36-25)11-12-29(19)2)35-13-3-4-23(34)37-30-21(32)9-10-22(30)33/h5,8,17-19,26H,3-4,6-7,9-14H2,1-2H3,(H,28,31)/t17?,18-,19+,26-,27-/m0/s1. The molecule has 1 aromatic rings. The number of likely N-dealkylation sites (tertiary alicyclic amines) is 1. The van der Waals surface area contributed by atoms with Crippen LogP contribution in [-0.4, -0.2) is 72.0 Å². The molecule has 1 aromatic carbocycles. The Morgan fingerprint density at radius 1 is 1.19 bits per heavy atom. The molecule has 3 fully saturated rings. The Bertz CT molecular complexity index is 1150. The smallest absolute Gasteiger partial charge is 0.333 e. The number of amides is 3. The molecular formula is C27H33N3O7. The molecule has 2 saturated heterocycles. The lowest BCUT2D eigenvalue weighted by Gasteiger charge is -2.59. The second-order valence-corrected chi connectivity index (χ2v) is 11.0. The molecule has 2 bridgehead atoms. The van der Waals surface area contributed by atoms with Gasteiger partial charge in [-0.1, -0.05) is 6.07 Å². The molecule has 3 heterocycles. The van der Waals surface area contributed by atoms with Crippen molar-refractivity contribution in [1.29, 1.82) is 0 Å². The van der Waals surface area contributed by atoms with Crippen molar-refractivity contribution < 1.29 is 33.5 Å². The SMILES string of the molecule is CC(=O)N[C@H]1CCC2[C@H]3Cc4ccc(OCCCC(=O)ON5C(=O)CCC5=O)c5c4[C@@]2(CCN3C)[C@H]1O5. The van der Waals surface area contributed by atoms with Crippen molar-refractivity contribution in [3.63, 3.8) is 0 Å². The maximum atomic E-state index is 12.1. The lowest BCUT2D eigenvalue weighted by molar-refractivity contribution is -0.197. The Hall–Kier alpha value is -3.14. The van der Waals surface area contributed by atoms with E-state index in [2.05, 4.69) is 23.3 Å². The Morgan fingerprint density at radius 3 is 2.73 bits per heavy atom. The zero-order valence-corrected chi connectivity index (χ0v) is 21.3. The maximum absolute atomic E-state index is 12.1. The molecule has 37 heavy (non-hydrogen) atoms. The van der Waals surface area contributed by atoms with Gasteiger partial charge in [-0.3, -0.25) is 14.4 Å². The van der Waals surface area contributed by atoms with Crippen molar-refractivity contribution in [2.75, 3.05) is 20.2 Å². The van der Waals surface area contributed by atoms with Crippen molar-refractivity contribution in [2.45, 2.75) is 81.9 Å². The summed E-state index contributed by atoms with van der Waals surface area (Å²) >= 11 is 0. The number of carbonyl (C=O) groups is 4. The minimum atomic E-state index is -0.637. The lowest BCUT2D eigenvalue weighted by Crippen LogP contribution is -2.68. The van der Waals surface area contributed by atoms with Gasteiger partial charge >= 0.3 is 5.97 Å². The van der Waals surface area contributed by atoms with Crippen LogP contribution >= 0.6 is 0 Å². The van der Waals surface area contributed by atoms with Crippen LogP contribution in [0.1, 0.15) is 63.0 Å². The highest BCUT2D eigenvalue weighted by molar-refractivity contribution is 6.01. The average molecular weight is 512 g/mol. The number of benzene rings is 1. The number of piperidine rings is 1. The molecule has 1 N–H and O–H groups in total. The second-order valence-electron chi connectivity index (χ2n) is 11.0. The van der Waals surface area contributed by atoms with E-state index in [9.17, 15) is 19.2 Å². The van der Waals surface area contributed by atoms with Crippen LogP contribution in [0.3, 0.4) is 0 Å². The van der Waals surface area contributed by atoms with E-state index < -0.39 is 17.8 Å². The number of hydroxylamine groups is 2. The Kier molecular flexibility index (Phi) is 5.89. The van der Waals surface area contributed by atoms with Crippen LogP contribution in [0.5, 0.6) is 11.5 Å². The molecule has 5 atom stereocenters. The van der Waals surface area contributed by atoms with Gasteiger partial charge in [-0.05, 0) is 63.2 Å². The summed E-state index contributed by atoms with van der Waals surface area (Å²) in [6.45, 7) is 2.81. The van der Waals surface area contributed by atoms with E-state index in [1.54, 1.807) is 6.92 Å². The first kappa shape index (κ1) is 24.2. The molecule has 0 radical (unpaired) electrons. The van der Waals surface area contributed by atoms with E-state index in [1.165, 1.54) is 11.1 Å². The van der Waals surface area contributed by atoms with Crippen molar-refractivity contribution in [3.8, 4) is 11.5 Å². The number of carbonyl (C=O) groups excluding carboxylic acids is 4. The van der Waals surface area contributed by atoms with Crippen LogP contribution in [0.15, 0.2) is 12.1 Å². The highest BCUT2D eigenvalue weighted by Crippen LogP contribution is 2.63. The van der Waals surface area contributed by atoms with Gasteiger partial charge in [-0.15, -0.1) is 5.06 Å². The summed E-state index contributed by atoms with van der Waals surface area (Å²) < 4.78 is 12.8. The highest BCUT2D eigenvalue weighted by Gasteiger charge is 2.65. The van der Waals surface area contributed by atoms with Crippen LogP contribution in [0.2, 0.25) is 0 Å². The number of rotatable bonds is 7. The fourth-order valence-corrected chi connectivity index (χ4v) is 7.45. The first-order valence-electron chi connectivity index (χ1n) is 13.3. The van der Waals surface area contributed by atoms with Gasteiger partial charge in [-0.2, -0.15) is 0 Å². The highest BCUT2D eigenvalue weighted by atomic mass is 16.7. The van der Waals surface area contributed by atoms with Gasteiger partial charge in [0.1, 0.15) is 6.10 Å². The largest absolute Gasteiger partial charge is 0.490 e. The third kappa shape index (κ3) is 3.79. The maximum Gasteiger partial charge on any atom is 0.333 e. The molecular weight excluding hydrogens is 478 g/mol. The summed E-state index contributed by atoms with van der Waals surface area (Å²) in [6, 6.07) is 4.51. The topological polar surface area (TPSA) is 114 Å². The Labute approximate surface area is 215 Å². The third-order valence-corrected chi connectivity index (χ3v) is 8.95. The molecule has 5 aliphatic rings. The summed E-state index contributed by atoms with van der Waals surface area (Å²) in [5, 5.41) is 3.73. The molecule has 10 nitrogen and oxygen atoms in total. The quantitative estimate of drug-likeness (QED) is 0.434. The molecule has 198 valence electrons. The van der Waals surface area contributed by atoms with Crippen LogP contribution < -0.4 is 14.8 Å². The number of imide groups is 1. The molecule has 3 amide bonds. The summed E-state index contributed by atoms with van der Waals surface area (Å²) in [5.74, 6) is 0.244. The Balaban J connectivity index is 1.19. The number of ether oxygens (including phenoxy) is 2. The van der Waals surface area contributed by atoms with Crippen molar-refractivity contribution in [3.05, 3.63) is 23.3 Å². The minimum Gasteiger partial charge on any atom is -0.490 e. The van der Waals surface area contributed by atoms with Gasteiger partial charge in [0.15, 0.2) is 11.5 Å². The van der Waals surface area contributed by atoms with Gasteiger partial charge in [-0.25, -0.2) is 4.79 Å². The molecule has 1 saturated carbocycles. The third-order valence-electron chi connectivity index (χ3n) is 8.95. The molecule has 2 aliphatic carbocycles. The Morgan fingerprint density at radius 2 is 1.97 bits per heavy atom. The zero-order valence-electron chi connectivity index (χ0n) is 21.3. The van der Waals surface area contributed by atoms with Gasteiger partial charge in [0, 0.05) is 36.8 Å². The molecule has 6 rings (SSSR count). The summed E-state index contributed by atoms with van der Waals surface area (Å²) in [6.07, 6.45) is 4.30. The summed E-state index contributed by atoms with van der Waals surface area (Å²) in [5.41, 5.74) is 2.42. The van der Waals surface area contributed by atoms with Crippen LogP contribution in [-0.2, 0) is 35.9 Å². The normalized spacial score (nSPS) is 31.6. The van der Waals surface area contributed by atoms with E-state index >= 15 is 0 Å². The van der Waals surface area contributed by atoms with Crippen molar-refractivity contribution >= 4 is 23.7 Å². The van der Waals surface area contributed by atoms with E-state index in [1.807, 2.05) is 6.07 Å². The molecule has 1 spiro atoms. The fraction of sp³-hybridized carbons (Fsp3) is 0.630.